The van der Waals surface area contributed by atoms with Crippen LogP contribution < -0.4 is 10.1 Å². The monoisotopic (exact) mass is 278 g/mol. The van der Waals surface area contributed by atoms with Gasteiger partial charge in [0.25, 0.3) is 0 Å². The lowest BCUT2D eigenvalue weighted by molar-refractivity contribution is -0.130. The number of amides is 2. The van der Waals surface area contributed by atoms with Gasteiger partial charge >= 0.3 is 0 Å². The first-order valence-corrected chi connectivity index (χ1v) is 7.29. The molecule has 1 aromatic rings. The van der Waals surface area contributed by atoms with Gasteiger partial charge in [-0.15, -0.1) is 11.8 Å². The molecule has 0 bridgehead atoms. The summed E-state index contributed by atoms with van der Waals surface area (Å²) in [6, 6.07) is 5.62. The van der Waals surface area contributed by atoms with Gasteiger partial charge in [-0.25, -0.2) is 0 Å². The van der Waals surface area contributed by atoms with Gasteiger partial charge in [-0.2, -0.15) is 0 Å². The van der Waals surface area contributed by atoms with Crippen LogP contribution in [0, 0.1) is 0 Å². The highest BCUT2D eigenvalue weighted by Crippen LogP contribution is 2.27. The lowest BCUT2D eigenvalue weighted by Crippen LogP contribution is -2.34. The number of hydrogen-bond donors (Lipinski definition) is 1. The molecule has 0 saturated carbocycles. The number of fused-ring (bicyclic) bond motifs is 1. The number of anilines is 1. The zero-order chi connectivity index (χ0) is 13.2. The number of carbonyl (C=O) groups is 2. The fraction of sp³-hybridized carbons (Fsp3) is 0.385. The molecule has 6 heteroatoms. The number of benzene rings is 1. The minimum atomic E-state index is -0.158. The molecule has 0 unspecified atom stereocenters. The predicted molar refractivity (Wildman–Crippen MR) is 73.3 cm³/mol. The van der Waals surface area contributed by atoms with Gasteiger partial charge in [-0.1, -0.05) is 0 Å². The molecule has 1 aromatic carbocycles. The Balaban J connectivity index is 1.61. The van der Waals surface area contributed by atoms with E-state index in [0.29, 0.717) is 18.2 Å². The molecule has 1 fully saturated rings. The summed E-state index contributed by atoms with van der Waals surface area (Å²) in [6.45, 7) is 0.825. The summed E-state index contributed by atoms with van der Waals surface area (Å²) >= 11 is 1.53. The van der Waals surface area contributed by atoms with Crippen molar-refractivity contribution in [2.24, 2.45) is 0 Å². The van der Waals surface area contributed by atoms with E-state index in [4.69, 9.17) is 4.74 Å². The Hall–Kier alpha value is -1.69. The molecule has 19 heavy (non-hydrogen) atoms. The maximum Gasteiger partial charge on any atom is 0.244 e. The zero-order valence-electron chi connectivity index (χ0n) is 10.3. The maximum absolute atomic E-state index is 11.9. The van der Waals surface area contributed by atoms with Crippen LogP contribution in [-0.2, 0) is 16.0 Å². The SMILES string of the molecule is O=C(CN1CSCC1=O)Nc1ccc2c(c1)CCO2. The number of thioether (sulfide) groups is 1. The van der Waals surface area contributed by atoms with Crippen molar-refractivity contribution in [1.29, 1.82) is 0 Å². The number of ether oxygens (including phenoxy) is 1. The Morgan fingerprint density at radius 1 is 1.47 bits per heavy atom. The molecule has 1 N–H and O–H groups in total. The van der Waals surface area contributed by atoms with Crippen molar-refractivity contribution in [2.75, 3.05) is 30.1 Å². The number of hydrogen-bond acceptors (Lipinski definition) is 4. The minimum absolute atomic E-state index is 0.0301. The quantitative estimate of drug-likeness (QED) is 0.899. The smallest absolute Gasteiger partial charge is 0.244 e. The summed E-state index contributed by atoms with van der Waals surface area (Å²) in [5.41, 5.74) is 1.87. The molecule has 0 atom stereocenters. The van der Waals surface area contributed by atoms with Gasteiger partial charge in [-0.05, 0) is 23.8 Å². The number of rotatable bonds is 3. The van der Waals surface area contributed by atoms with Crippen molar-refractivity contribution in [1.82, 2.24) is 4.90 Å². The molecular formula is C13H14N2O3S. The van der Waals surface area contributed by atoms with E-state index in [2.05, 4.69) is 5.32 Å². The number of nitrogens with zero attached hydrogens (tertiary/aromatic N) is 1. The molecule has 5 nitrogen and oxygen atoms in total. The van der Waals surface area contributed by atoms with Crippen LogP contribution in [-0.4, -0.2) is 41.5 Å². The van der Waals surface area contributed by atoms with Gasteiger partial charge < -0.3 is 15.0 Å². The molecule has 3 rings (SSSR count). The lowest BCUT2D eigenvalue weighted by Gasteiger charge is -2.14. The van der Waals surface area contributed by atoms with E-state index in [1.807, 2.05) is 18.2 Å². The van der Waals surface area contributed by atoms with Crippen LogP contribution in [0.4, 0.5) is 5.69 Å². The molecular weight excluding hydrogens is 264 g/mol. The van der Waals surface area contributed by atoms with Crippen LogP contribution in [0.3, 0.4) is 0 Å². The molecule has 0 radical (unpaired) electrons. The minimum Gasteiger partial charge on any atom is -0.493 e. The zero-order valence-corrected chi connectivity index (χ0v) is 11.2. The maximum atomic E-state index is 11.9. The van der Waals surface area contributed by atoms with E-state index in [1.54, 1.807) is 4.90 Å². The molecule has 0 aromatic heterocycles. The Labute approximate surface area is 115 Å². The molecule has 1 saturated heterocycles. The van der Waals surface area contributed by atoms with E-state index >= 15 is 0 Å². The van der Waals surface area contributed by atoms with Gasteiger partial charge in [0.1, 0.15) is 12.3 Å². The van der Waals surface area contributed by atoms with Crippen LogP contribution in [0.2, 0.25) is 0 Å². The molecule has 2 heterocycles. The first-order valence-electron chi connectivity index (χ1n) is 6.13. The van der Waals surface area contributed by atoms with Crippen molar-refractivity contribution < 1.29 is 14.3 Å². The van der Waals surface area contributed by atoms with Gasteiger partial charge in [0.05, 0.1) is 18.2 Å². The van der Waals surface area contributed by atoms with Crippen molar-refractivity contribution in [3.05, 3.63) is 23.8 Å². The average Bonchev–Trinajstić information content (AvgIpc) is 2.98. The Bertz CT molecular complexity index is 533. The lowest BCUT2D eigenvalue weighted by atomic mass is 10.1. The molecule has 0 spiro atoms. The van der Waals surface area contributed by atoms with E-state index in [-0.39, 0.29) is 18.4 Å². The van der Waals surface area contributed by atoms with Crippen LogP contribution in [0.15, 0.2) is 18.2 Å². The van der Waals surface area contributed by atoms with Crippen molar-refractivity contribution in [3.63, 3.8) is 0 Å². The summed E-state index contributed by atoms with van der Waals surface area (Å²) in [7, 11) is 0. The second-order valence-corrected chi connectivity index (χ2v) is 5.49. The predicted octanol–water partition coefficient (Wildman–Crippen LogP) is 1.09. The highest BCUT2D eigenvalue weighted by molar-refractivity contribution is 8.00. The molecule has 100 valence electrons. The molecule has 2 aliphatic rings. The van der Waals surface area contributed by atoms with Crippen LogP contribution in [0.1, 0.15) is 5.56 Å². The van der Waals surface area contributed by atoms with Crippen molar-refractivity contribution in [3.8, 4) is 5.75 Å². The molecule has 0 aliphatic carbocycles. The first kappa shape index (κ1) is 12.3. The van der Waals surface area contributed by atoms with Crippen LogP contribution in [0.25, 0.3) is 0 Å². The Morgan fingerprint density at radius 3 is 3.16 bits per heavy atom. The van der Waals surface area contributed by atoms with Crippen LogP contribution >= 0.6 is 11.8 Å². The number of nitrogens with one attached hydrogen (secondary N) is 1. The van der Waals surface area contributed by atoms with Gasteiger partial charge in [0, 0.05) is 12.1 Å². The van der Waals surface area contributed by atoms with Crippen LogP contribution in [0.5, 0.6) is 5.75 Å². The van der Waals surface area contributed by atoms with Gasteiger partial charge in [0.2, 0.25) is 11.8 Å². The second-order valence-electron chi connectivity index (χ2n) is 4.54. The fourth-order valence-electron chi connectivity index (χ4n) is 2.18. The van der Waals surface area contributed by atoms with E-state index in [1.165, 1.54) is 11.8 Å². The summed E-state index contributed by atoms with van der Waals surface area (Å²) < 4.78 is 5.41. The third kappa shape index (κ3) is 2.68. The van der Waals surface area contributed by atoms with Crippen molar-refractivity contribution >= 4 is 29.3 Å². The Kier molecular flexibility index (Phi) is 3.33. The standard InChI is InChI=1S/C13H14N2O3S/c16-12(6-15-8-19-7-13(15)17)14-10-1-2-11-9(5-10)3-4-18-11/h1-2,5H,3-4,6-8H2,(H,14,16). The summed E-state index contributed by atoms with van der Waals surface area (Å²) in [5, 5.41) is 2.82. The number of carbonyl (C=O) groups excluding carboxylic acids is 2. The molecule has 2 aliphatic heterocycles. The fourth-order valence-corrected chi connectivity index (χ4v) is 3.08. The Morgan fingerprint density at radius 2 is 2.37 bits per heavy atom. The van der Waals surface area contributed by atoms with E-state index in [0.717, 1.165) is 23.4 Å². The average molecular weight is 278 g/mol. The van der Waals surface area contributed by atoms with Crippen molar-refractivity contribution in [2.45, 2.75) is 6.42 Å². The topological polar surface area (TPSA) is 58.6 Å². The summed E-state index contributed by atoms with van der Waals surface area (Å²) in [4.78, 5) is 24.9. The molecule has 2 amide bonds. The summed E-state index contributed by atoms with van der Waals surface area (Å²) in [5.74, 6) is 1.84. The summed E-state index contributed by atoms with van der Waals surface area (Å²) in [6.07, 6.45) is 0.875. The second kappa shape index (κ2) is 5.13. The largest absolute Gasteiger partial charge is 0.493 e. The third-order valence-corrected chi connectivity index (χ3v) is 4.08. The first-order chi connectivity index (χ1) is 9.22. The van der Waals surface area contributed by atoms with E-state index in [9.17, 15) is 9.59 Å². The third-order valence-electron chi connectivity index (χ3n) is 3.13. The van der Waals surface area contributed by atoms with Gasteiger partial charge in [0.15, 0.2) is 0 Å². The highest BCUT2D eigenvalue weighted by Gasteiger charge is 2.23. The highest BCUT2D eigenvalue weighted by atomic mass is 32.2. The van der Waals surface area contributed by atoms with Gasteiger partial charge in [-0.3, -0.25) is 9.59 Å². The van der Waals surface area contributed by atoms with E-state index < -0.39 is 0 Å². The normalized spacial score (nSPS) is 17.3.